The Balaban J connectivity index is 0.00000450. The second kappa shape index (κ2) is 14.6. The summed E-state index contributed by atoms with van der Waals surface area (Å²) in [6, 6.07) is 10.5. The van der Waals surface area contributed by atoms with Crippen molar-refractivity contribution in [2.75, 3.05) is 0 Å². The standard InChI is InChI=1S/C23H32O5S.K/c1-2-3-4-5-6-7-8-9-10-13-19-14-11-17-22(29(25,26)27)23(19)28-21-16-12-15-20(24)18-21;/h11-12,14-18,24H,2-10,13H2,1H3,(H,25,26,27);/q;+1/p-1. The van der Waals surface area contributed by atoms with Crippen molar-refractivity contribution in [3.05, 3.63) is 48.0 Å². The number of ether oxygens (including phenoxy) is 1. The predicted molar refractivity (Wildman–Crippen MR) is 113 cm³/mol. The van der Waals surface area contributed by atoms with Gasteiger partial charge in [0.1, 0.15) is 10.6 Å². The van der Waals surface area contributed by atoms with Gasteiger partial charge in [-0.15, -0.1) is 5.75 Å². The van der Waals surface area contributed by atoms with Crippen LogP contribution in [-0.2, 0) is 16.5 Å². The molecule has 2 aromatic carbocycles. The van der Waals surface area contributed by atoms with Crippen LogP contribution < -0.4 is 61.2 Å². The number of para-hydroxylation sites is 1. The van der Waals surface area contributed by atoms with E-state index in [1.807, 2.05) is 0 Å². The van der Waals surface area contributed by atoms with Crippen molar-refractivity contribution >= 4 is 10.1 Å². The van der Waals surface area contributed by atoms with Gasteiger partial charge in [0, 0.05) is 0 Å². The van der Waals surface area contributed by atoms with Crippen molar-refractivity contribution in [1.29, 1.82) is 0 Å². The van der Waals surface area contributed by atoms with Crippen LogP contribution in [0, 0.1) is 0 Å². The van der Waals surface area contributed by atoms with E-state index in [1.165, 1.54) is 56.7 Å². The van der Waals surface area contributed by atoms with E-state index in [9.17, 15) is 18.1 Å². The van der Waals surface area contributed by atoms with Gasteiger partial charge < -0.3 is 9.84 Å². The first-order valence-corrected chi connectivity index (χ1v) is 11.9. The van der Waals surface area contributed by atoms with Gasteiger partial charge >= 0.3 is 51.4 Å². The topological polar surface area (TPSA) is 86.7 Å². The molecule has 30 heavy (non-hydrogen) atoms. The van der Waals surface area contributed by atoms with E-state index in [1.54, 1.807) is 24.3 Å². The fraction of sp³-hybridized carbons (Fsp3) is 0.478. The molecular formula is C23H31KO5S. The second-order valence-corrected chi connectivity index (χ2v) is 8.76. The molecule has 0 fully saturated rings. The van der Waals surface area contributed by atoms with E-state index in [-0.39, 0.29) is 73.5 Å². The van der Waals surface area contributed by atoms with Crippen molar-refractivity contribution in [3.8, 4) is 17.2 Å². The van der Waals surface area contributed by atoms with E-state index < -0.39 is 10.1 Å². The molecule has 160 valence electrons. The molecule has 7 heteroatoms. The molecule has 0 spiro atoms. The average Bonchev–Trinajstić information content (AvgIpc) is 2.67. The average molecular weight is 459 g/mol. The summed E-state index contributed by atoms with van der Waals surface area (Å²) in [6.45, 7) is 2.21. The molecule has 0 heterocycles. The SMILES string of the molecule is CCCCCCCCCCCc1cccc(S(=O)(=O)O)c1Oc1cccc([O-])c1.[K+]. The molecule has 2 aromatic rings. The van der Waals surface area contributed by atoms with Crippen molar-refractivity contribution in [1.82, 2.24) is 0 Å². The molecule has 0 atom stereocenters. The van der Waals surface area contributed by atoms with Crippen molar-refractivity contribution in [2.24, 2.45) is 0 Å². The Bertz CT molecular complexity index is 868. The zero-order chi connectivity index (χ0) is 21.1. The van der Waals surface area contributed by atoms with Gasteiger partial charge in [-0.1, -0.05) is 82.6 Å². The summed E-state index contributed by atoms with van der Waals surface area (Å²) in [5, 5.41) is 11.6. The second-order valence-electron chi connectivity index (χ2n) is 7.37. The van der Waals surface area contributed by atoms with Gasteiger partial charge in [-0.25, -0.2) is 0 Å². The molecule has 0 aliphatic carbocycles. The number of unbranched alkanes of at least 4 members (excludes halogenated alkanes) is 8. The van der Waals surface area contributed by atoms with E-state index in [0.717, 1.165) is 19.3 Å². The molecule has 0 unspecified atom stereocenters. The Hall–Kier alpha value is -0.414. The molecule has 0 radical (unpaired) electrons. The predicted octanol–water partition coefficient (Wildman–Crippen LogP) is 2.88. The maximum Gasteiger partial charge on any atom is 1.00 e. The van der Waals surface area contributed by atoms with Crippen LogP contribution in [0.15, 0.2) is 47.4 Å². The van der Waals surface area contributed by atoms with Gasteiger partial charge in [0.25, 0.3) is 10.1 Å². The molecule has 1 N–H and O–H groups in total. The number of hydrogen-bond acceptors (Lipinski definition) is 4. The zero-order valence-electron chi connectivity index (χ0n) is 18.1. The monoisotopic (exact) mass is 458 g/mol. The van der Waals surface area contributed by atoms with Crippen LogP contribution in [0.4, 0.5) is 0 Å². The molecule has 0 saturated heterocycles. The van der Waals surface area contributed by atoms with Crippen molar-refractivity contribution in [3.63, 3.8) is 0 Å². The number of hydrogen-bond donors (Lipinski definition) is 1. The van der Waals surface area contributed by atoms with E-state index in [2.05, 4.69) is 6.92 Å². The van der Waals surface area contributed by atoms with Crippen LogP contribution in [0.5, 0.6) is 17.2 Å². The third-order valence-corrected chi connectivity index (χ3v) is 5.79. The molecule has 0 aliphatic rings. The fourth-order valence-electron chi connectivity index (χ4n) is 3.36. The van der Waals surface area contributed by atoms with Crippen LogP contribution in [0.3, 0.4) is 0 Å². The molecule has 0 bridgehead atoms. The summed E-state index contributed by atoms with van der Waals surface area (Å²) in [5.41, 5.74) is 0.708. The summed E-state index contributed by atoms with van der Waals surface area (Å²) >= 11 is 0. The van der Waals surface area contributed by atoms with E-state index in [4.69, 9.17) is 4.74 Å². The summed E-state index contributed by atoms with van der Waals surface area (Å²) < 4.78 is 38.9. The zero-order valence-corrected chi connectivity index (χ0v) is 22.0. The third kappa shape index (κ3) is 9.81. The van der Waals surface area contributed by atoms with Crippen LogP contribution >= 0.6 is 0 Å². The first kappa shape index (κ1) is 27.6. The van der Waals surface area contributed by atoms with Crippen molar-refractivity contribution < 1.29 is 74.2 Å². The smallest absolute Gasteiger partial charge is 0.872 e. The molecule has 2 rings (SSSR count). The summed E-state index contributed by atoms with van der Waals surface area (Å²) in [4.78, 5) is -0.276. The minimum Gasteiger partial charge on any atom is -0.872 e. The first-order valence-electron chi connectivity index (χ1n) is 10.5. The Labute approximate surface area is 223 Å². The minimum atomic E-state index is -4.44. The molecule has 0 saturated carbocycles. The summed E-state index contributed by atoms with van der Waals surface area (Å²) in [7, 11) is -4.44. The molecule has 0 aliphatic heterocycles. The normalized spacial score (nSPS) is 11.1. The fourth-order valence-corrected chi connectivity index (χ4v) is 4.02. The molecule has 0 aromatic heterocycles. The maximum absolute atomic E-state index is 11.8. The summed E-state index contributed by atoms with van der Waals surface area (Å²) in [6.07, 6.45) is 11.4. The summed E-state index contributed by atoms with van der Waals surface area (Å²) in [5.74, 6) is 0.120. The van der Waals surface area contributed by atoms with E-state index >= 15 is 0 Å². The van der Waals surface area contributed by atoms with E-state index in [0.29, 0.717) is 12.0 Å². The van der Waals surface area contributed by atoms with Gasteiger partial charge in [0.05, 0.1) is 0 Å². The van der Waals surface area contributed by atoms with Crippen LogP contribution in [0.2, 0.25) is 0 Å². The van der Waals surface area contributed by atoms with Crippen LogP contribution in [0.25, 0.3) is 0 Å². The van der Waals surface area contributed by atoms with Crippen LogP contribution in [0.1, 0.15) is 70.3 Å². The van der Waals surface area contributed by atoms with Crippen molar-refractivity contribution in [2.45, 2.75) is 76.0 Å². The van der Waals surface area contributed by atoms with Crippen LogP contribution in [-0.4, -0.2) is 13.0 Å². The maximum atomic E-state index is 11.8. The molecule has 5 nitrogen and oxygen atoms in total. The van der Waals surface area contributed by atoms with Gasteiger partial charge in [0.2, 0.25) is 0 Å². The number of aryl methyl sites for hydroxylation is 1. The molecular weight excluding hydrogens is 427 g/mol. The first-order chi connectivity index (χ1) is 13.9. The van der Waals surface area contributed by atoms with Gasteiger partial charge in [-0.3, -0.25) is 4.55 Å². The van der Waals surface area contributed by atoms with Gasteiger partial charge in [0.15, 0.2) is 5.75 Å². The Kier molecular flexibility index (Phi) is 13.5. The third-order valence-electron chi connectivity index (χ3n) is 4.91. The number of benzene rings is 2. The minimum absolute atomic E-state index is 0. The van der Waals surface area contributed by atoms with Gasteiger partial charge in [-0.2, -0.15) is 8.42 Å². The largest absolute Gasteiger partial charge is 1.00 e. The Morgan fingerprint density at radius 2 is 1.50 bits per heavy atom. The molecule has 0 amide bonds. The van der Waals surface area contributed by atoms with Gasteiger partial charge in [-0.05, 0) is 36.6 Å². The number of rotatable bonds is 13. The Morgan fingerprint density at radius 1 is 0.900 bits per heavy atom. The Morgan fingerprint density at radius 3 is 2.10 bits per heavy atom. The quantitative estimate of drug-likeness (QED) is 0.283.